The van der Waals surface area contributed by atoms with Crippen LogP contribution in [0.15, 0.2) is 65.1 Å². The number of hydrazone groups is 1. The van der Waals surface area contributed by atoms with Crippen molar-refractivity contribution in [1.29, 1.82) is 0 Å². The highest BCUT2D eigenvalue weighted by atomic mass is 32.2. The van der Waals surface area contributed by atoms with E-state index in [2.05, 4.69) is 22.4 Å². The van der Waals surface area contributed by atoms with Gasteiger partial charge in [-0.3, -0.25) is 9.59 Å². The number of sulfonamides is 1. The summed E-state index contributed by atoms with van der Waals surface area (Å²) in [6.45, 7) is 4.83. The van der Waals surface area contributed by atoms with E-state index in [9.17, 15) is 18.0 Å². The molecule has 0 aliphatic heterocycles. The van der Waals surface area contributed by atoms with Crippen LogP contribution in [0.3, 0.4) is 0 Å². The SMILES string of the molecule is C=CCOc1ccc(/C=N\NC(=O)CN(C)S(=O)(=O)c2ccc(NC(C)=O)cc2)cc1OC. The van der Waals surface area contributed by atoms with Crippen molar-refractivity contribution < 1.29 is 27.5 Å². The first-order valence-electron chi connectivity index (χ1n) is 9.75. The molecule has 0 bridgehead atoms. The molecule has 0 fully saturated rings. The Balaban J connectivity index is 1.97. The number of carbonyl (C=O) groups is 2. The number of anilines is 1. The third kappa shape index (κ3) is 7.44. The van der Waals surface area contributed by atoms with Crippen molar-refractivity contribution >= 4 is 33.7 Å². The fourth-order valence-corrected chi connectivity index (χ4v) is 3.75. The second-order valence-electron chi connectivity index (χ2n) is 6.77. The zero-order valence-electron chi connectivity index (χ0n) is 18.6. The van der Waals surface area contributed by atoms with E-state index in [1.165, 1.54) is 51.6 Å². The highest BCUT2D eigenvalue weighted by Gasteiger charge is 2.22. The summed E-state index contributed by atoms with van der Waals surface area (Å²) in [4.78, 5) is 23.2. The lowest BCUT2D eigenvalue weighted by Crippen LogP contribution is -2.36. The predicted molar refractivity (Wildman–Crippen MR) is 125 cm³/mol. The molecule has 176 valence electrons. The summed E-state index contributed by atoms with van der Waals surface area (Å²) in [6, 6.07) is 10.7. The highest BCUT2D eigenvalue weighted by Crippen LogP contribution is 2.27. The number of nitrogens with one attached hydrogen (secondary N) is 2. The third-order valence-corrected chi connectivity index (χ3v) is 6.01. The van der Waals surface area contributed by atoms with Gasteiger partial charge in [-0.15, -0.1) is 0 Å². The number of nitrogens with zero attached hydrogens (tertiary/aromatic N) is 2. The van der Waals surface area contributed by atoms with Gasteiger partial charge in [0.05, 0.1) is 24.8 Å². The van der Waals surface area contributed by atoms with Gasteiger partial charge in [0, 0.05) is 19.7 Å². The van der Waals surface area contributed by atoms with Gasteiger partial charge in [0.1, 0.15) is 6.61 Å². The van der Waals surface area contributed by atoms with E-state index in [1.54, 1.807) is 24.3 Å². The van der Waals surface area contributed by atoms with Crippen molar-refractivity contribution in [1.82, 2.24) is 9.73 Å². The van der Waals surface area contributed by atoms with Crippen LogP contribution in [0.2, 0.25) is 0 Å². The average molecular weight is 475 g/mol. The Morgan fingerprint density at radius 1 is 1.15 bits per heavy atom. The van der Waals surface area contributed by atoms with Crippen molar-refractivity contribution in [2.24, 2.45) is 5.10 Å². The van der Waals surface area contributed by atoms with Crippen LogP contribution in [-0.4, -0.2) is 58.1 Å². The number of amides is 2. The van der Waals surface area contributed by atoms with Crippen LogP contribution in [0.25, 0.3) is 0 Å². The predicted octanol–water partition coefficient (Wildman–Crippen LogP) is 1.99. The molecule has 10 nitrogen and oxygen atoms in total. The summed E-state index contributed by atoms with van der Waals surface area (Å²) in [6.07, 6.45) is 3.01. The number of carbonyl (C=O) groups excluding carboxylic acids is 2. The van der Waals surface area contributed by atoms with E-state index in [1.807, 2.05) is 0 Å². The average Bonchev–Trinajstić information content (AvgIpc) is 2.77. The van der Waals surface area contributed by atoms with Crippen LogP contribution in [0.4, 0.5) is 5.69 Å². The number of likely N-dealkylation sites (N-methyl/N-ethyl adjacent to an activating group) is 1. The molecule has 0 aliphatic rings. The van der Waals surface area contributed by atoms with Gasteiger partial charge in [-0.25, -0.2) is 13.8 Å². The lowest BCUT2D eigenvalue weighted by atomic mass is 10.2. The zero-order valence-corrected chi connectivity index (χ0v) is 19.4. The lowest BCUT2D eigenvalue weighted by Gasteiger charge is -2.16. The molecule has 33 heavy (non-hydrogen) atoms. The Bertz CT molecular complexity index is 1130. The van der Waals surface area contributed by atoms with Gasteiger partial charge in [0.15, 0.2) is 11.5 Å². The van der Waals surface area contributed by atoms with E-state index in [-0.39, 0.29) is 10.8 Å². The molecule has 0 unspecified atom stereocenters. The van der Waals surface area contributed by atoms with Crippen molar-refractivity contribution in [3.8, 4) is 11.5 Å². The Morgan fingerprint density at radius 3 is 2.45 bits per heavy atom. The van der Waals surface area contributed by atoms with Crippen LogP contribution in [0, 0.1) is 0 Å². The van der Waals surface area contributed by atoms with E-state index >= 15 is 0 Å². The number of ether oxygens (including phenoxy) is 2. The van der Waals surface area contributed by atoms with Crippen molar-refractivity contribution in [2.75, 3.05) is 32.6 Å². The van der Waals surface area contributed by atoms with E-state index in [0.717, 1.165) is 4.31 Å². The summed E-state index contributed by atoms with van der Waals surface area (Å²) in [7, 11) is -1.12. The Kier molecular flexibility index (Phi) is 9.13. The number of methoxy groups -OCH3 is 1. The fourth-order valence-electron chi connectivity index (χ4n) is 2.63. The van der Waals surface area contributed by atoms with Crippen molar-refractivity contribution in [3.63, 3.8) is 0 Å². The topological polar surface area (TPSA) is 126 Å². The second-order valence-corrected chi connectivity index (χ2v) is 8.81. The zero-order chi connectivity index (χ0) is 24.4. The van der Waals surface area contributed by atoms with Gasteiger partial charge in [0.2, 0.25) is 15.9 Å². The fraction of sp³-hybridized carbons (Fsp3) is 0.227. The van der Waals surface area contributed by atoms with Crippen LogP contribution in [-0.2, 0) is 19.6 Å². The molecule has 0 atom stereocenters. The van der Waals surface area contributed by atoms with Crippen LogP contribution >= 0.6 is 0 Å². The first-order valence-corrected chi connectivity index (χ1v) is 11.2. The largest absolute Gasteiger partial charge is 0.493 e. The molecule has 2 aromatic rings. The molecule has 2 aromatic carbocycles. The Hall–Kier alpha value is -3.70. The Morgan fingerprint density at radius 2 is 1.85 bits per heavy atom. The standard InChI is InChI=1S/C22H26N4O6S/c1-5-12-32-20-11-6-17(13-21(20)31-4)14-23-25-22(28)15-26(3)33(29,30)19-9-7-18(8-10-19)24-16(2)27/h5-11,13-14H,1,12,15H2,2-4H3,(H,24,27)(H,25,28)/b23-14-. The molecule has 0 aliphatic carbocycles. The minimum Gasteiger partial charge on any atom is -0.493 e. The second kappa shape index (κ2) is 11.8. The maximum Gasteiger partial charge on any atom is 0.255 e. The normalized spacial score (nSPS) is 11.3. The van der Waals surface area contributed by atoms with Crippen molar-refractivity contribution in [3.05, 3.63) is 60.7 Å². The quantitative estimate of drug-likeness (QED) is 0.291. The summed E-state index contributed by atoms with van der Waals surface area (Å²) >= 11 is 0. The van der Waals surface area contributed by atoms with Gasteiger partial charge in [0.25, 0.3) is 5.91 Å². The summed E-state index contributed by atoms with van der Waals surface area (Å²) < 4.78 is 37.0. The minimum absolute atomic E-state index is 0.0127. The van der Waals surface area contributed by atoms with Crippen LogP contribution in [0.1, 0.15) is 12.5 Å². The molecule has 0 spiro atoms. The highest BCUT2D eigenvalue weighted by molar-refractivity contribution is 7.89. The number of rotatable bonds is 11. The molecule has 11 heteroatoms. The maximum atomic E-state index is 12.7. The third-order valence-electron chi connectivity index (χ3n) is 4.20. The number of hydrogen-bond donors (Lipinski definition) is 2. The first-order chi connectivity index (χ1) is 15.7. The Labute approximate surface area is 192 Å². The molecule has 0 saturated heterocycles. The smallest absolute Gasteiger partial charge is 0.255 e. The van der Waals surface area contributed by atoms with Gasteiger partial charge in [-0.2, -0.15) is 9.41 Å². The molecular weight excluding hydrogens is 448 g/mol. The molecular formula is C22H26N4O6S. The lowest BCUT2D eigenvalue weighted by molar-refractivity contribution is -0.121. The molecule has 2 amide bonds. The molecule has 0 aromatic heterocycles. The van der Waals surface area contributed by atoms with Gasteiger partial charge in [-0.05, 0) is 48.0 Å². The monoisotopic (exact) mass is 474 g/mol. The molecule has 0 radical (unpaired) electrons. The summed E-state index contributed by atoms with van der Waals surface area (Å²) in [5, 5.41) is 6.41. The molecule has 2 rings (SSSR count). The van der Waals surface area contributed by atoms with E-state index in [0.29, 0.717) is 29.4 Å². The first kappa shape index (κ1) is 25.6. The van der Waals surface area contributed by atoms with Crippen LogP contribution in [0.5, 0.6) is 11.5 Å². The summed E-state index contributed by atoms with van der Waals surface area (Å²) in [5.74, 6) is 0.137. The molecule has 2 N–H and O–H groups in total. The summed E-state index contributed by atoms with van der Waals surface area (Å²) in [5.41, 5.74) is 3.40. The minimum atomic E-state index is -3.91. The molecule has 0 heterocycles. The van der Waals surface area contributed by atoms with Crippen molar-refractivity contribution in [2.45, 2.75) is 11.8 Å². The maximum absolute atomic E-state index is 12.7. The van der Waals surface area contributed by atoms with Crippen LogP contribution < -0.4 is 20.2 Å². The van der Waals surface area contributed by atoms with Gasteiger partial charge < -0.3 is 14.8 Å². The van der Waals surface area contributed by atoms with Gasteiger partial charge >= 0.3 is 0 Å². The van der Waals surface area contributed by atoms with E-state index < -0.39 is 22.5 Å². The van der Waals surface area contributed by atoms with Gasteiger partial charge in [-0.1, -0.05) is 12.7 Å². The number of benzene rings is 2. The molecule has 0 saturated carbocycles. The van der Waals surface area contributed by atoms with E-state index in [4.69, 9.17) is 9.47 Å². The number of hydrogen-bond acceptors (Lipinski definition) is 7.